The van der Waals surface area contributed by atoms with E-state index in [0.717, 1.165) is 13.1 Å². The Balaban J connectivity index is 1.92. The van der Waals surface area contributed by atoms with Crippen molar-refractivity contribution in [3.05, 3.63) is 35.9 Å². The molecule has 1 saturated heterocycles. The van der Waals surface area contributed by atoms with E-state index in [1.54, 1.807) is 0 Å². The van der Waals surface area contributed by atoms with Crippen LogP contribution < -0.4 is 5.32 Å². The fraction of sp³-hybridized carbons (Fsp3) is 0.500. The molecule has 1 heterocycles. The smallest absolute Gasteiger partial charge is 0.224 e. The molecule has 0 radical (unpaired) electrons. The third kappa shape index (κ3) is 3.30. The summed E-state index contributed by atoms with van der Waals surface area (Å²) in [6, 6.07) is 10.9. The second kappa shape index (κ2) is 5.32. The van der Waals surface area contributed by atoms with E-state index >= 15 is 0 Å². The summed E-state index contributed by atoms with van der Waals surface area (Å²) in [5.74, 6) is 0.256. The van der Waals surface area contributed by atoms with Crippen molar-refractivity contribution in [2.75, 3.05) is 6.54 Å². The van der Waals surface area contributed by atoms with Gasteiger partial charge in [-0.3, -0.25) is 4.79 Å². The van der Waals surface area contributed by atoms with Gasteiger partial charge in [-0.25, -0.2) is 0 Å². The Morgan fingerprint density at radius 2 is 2.06 bits per heavy atom. The van der Waals surface area contributed by atoms with Gasteiger partial charge in [0, 0.05) is 31.6 Å². The molecule has 1 aromatic carbocycles. The molecule has 1 aromatic rings. The molecule has 17 heavy (non-hydrogen) atoms. The molecule has 0 saturated carbocycles. The van der Waals surface area contributed by atoms with Gasteiger partial charge in [-0.2, -0.15) is 0 Å². The second-order valence-corrected chi connectivity index (χ2v) is 4.98. The number of nitrogens with zero attached hydrogens (tertiary/aromatic N) is 1. The zero-order valence-electron chi connectivity index (χ0n) is 10.5. The third-order valence-electron chi connectivity index (χ3n) is 3.00. The molecule has 2 rings (SSSR count). The van der Waals surface area contributed by atoms with Crippen LogP contribution in [0.2, 0.25) is 0 Å². The summed E-state index contributed by atoms with van der Waals surface area (Å²) >= 11 is 0. The number of likely N-dealkylation sites (tertiary alicyclic amines) is 1. The van der Waals surface area contributed by atoms with Gasteiger partial charge in [0.15, 0.2) is 0 Å². The highest BCUT2D eigenvalue weighted by molar-refractivity contribution is 5.79. The lowest BCUT2D eigenvalue weighted by Gasteiger charge is -2.18. The number of benzene rings is 1. The average Bonchev–Trinajstić information content (AvgIpc) is 2.59. The molecule has 1 fully saturated rings. The minimum atomic E-state index is 0.256. The van der Waals surface area contributed by atoms with Gasteiger partial charge in [-0.15, -0.1) is 0 Å². The monoisotopic (exact) mass is 232 g/mol. The molecule has 1 aliphatic rings. The summed E-state index contributed by atoms with van der Waals surface area (Å²) in [7, 11) is 0. The van der Waals surface area contributed by atoms with Crippen LogP contribution in [-0.2, 0) is 11.3 Å². The van der Waals surface area contributed by atoms with Crippen molar-refractivity contribution in [3.8, 4) is 0 Å². The first-order valence-corrected chi connectivity index (χ1v) is 6.23. The number of carbonyl (C=O) groups excluding carboxylic acids is 1. The highest BCUT2D eigenvalue weighted by atomic mass is 16.2. The van der Waals surface area contributed by atoms with E-state index in [4.69, 9.17) is 0 Å². The summed E-state index contributed by atoms with van der Waals surface area (Å²) in [5.41, 5.74) is 1.20. The molecule has 1 atom stereocenters. The van der Waals surface area contributed by atoms with E-state index in [-0.39, 0.29) is 5.91 Å². The molecule has 3 nitrogen and oxygen atoms in total. The second-order valence-electron chi connectivity index (χ2n) is 4.98. The Kier molecular flexibility index (Phi) is 3.79. The van der Waals surface area contributed by atoms with Crippen LogP contribution in [0.4, 0.5) is 0 Å². The maximum absolute atomic E-state index is 11.9. The molecule has 1 aliphatic heterocycles. The normalized spacial score (nSPS) is 20.3. The van der Waals surface area contributed by atoms with Crippen LogP contribution in [0, 0.1) is 0 Å². The van der Waals surface area contributed by atoms with E-state index in [1.165, 1.54) is 5.56 Å². The van der Waals surface area contributed by atoms with Crippen molar-refractivity contribution in [1.82, 2.24) is 10.2 Å². The van der Waals surface area contributed by atoms with E-state index in [1.807, 2.05) is 23.1 Å². The topological polar surface area (TPSA) is 32.3 Å². The highest BCUT2D eigenvalue weighted by Crippen LogP contribution is 2.15. The molecule has 3 heteroatoms. The Morgan fingerprint density at radius 3 is 2.71 bits per heavy atom. The number of amides is 1. The van der Waals surface area contributed by atoms with Gasteiger partial charge in [0.1, 0.15) is 0 Å². The summed E-state index contributed by atoms with van der Waals surface area (Å²) in [5, 5.41) is 3.43. The molecule has 1 amide bonds. The van der Waals surface area contributed by atoms with Gasteiger partial charge >= 0.3 is 0 Å². The Morgan fingerprint density at radius 1 is 1.35 bits per heavy atom. The van der Waals surface area contributed by atoms with Crippen LogP contribution in [0.25, 0.3) is 0 Å². The maximum Gasteiger partial charge on any atom is 0.224 e. The zero-order chi connectivity index (χ0) is 12.3. The number of nitrogens with one attached hydrogen (secondary N) is 1. The van der Waals surface area contributed by atoms with Crippen LogP contribution in [0.3, 0.4) is 0 Å². The summed E-state index contributed by atoms with van der Waals surface area (Å²) < 4.78 is 0. The van der Waals surface area contributed by atoms with Gasteiger partial charge in [-0.1, -0.05) is 44.2 Å². The molecular formula is C14H20N2O. The van der Waals surface area contributed by atoms with E-state index in [2.05, 4.69) is 31.3 Å². The number of rotatable bonds is 4. The van der Waals surface area contributed by atoms with Gasteiger partial charge in [0.05, 0.1) is 0 Å². The van der Waals surface area contributed by atoms with Gasteiger partial charge < -0.3 is 10.2 Å². The van der Waals surface area contributed by atoms with Crippen LogP contribution in [0.15, 0.2) is 30.3 Å². The van der Waals surface area contributed by atoms with Crippen molar-refractivity contribution in [1.29, 1.82) is 0 Å². The Bertz CT molecular complexity index is 375. The lowest BCUT2D eigenvalue weighted by atomic mass is 10.2. The zero-order valence-corrected chi connectivity index (χ0v) is 10.5. The molecule has 0 bridgehead atoms. The standard InChI is InChI=1S/C14H20N2O/c1-11(2)15-13-8-14(17)16(10-13)9-12-6-4-3-5-7-12/h3-7,11,13,15H,8-10H2,1-2H3. The van der Waals surface area contributed by atoms with Gasteiger partial charge in [0.2, 0.25) is 5.91 Å². The largest absolute Gasteiger partial charge is 0.337 e. The number of hydrogen-bond donors (Lipinski definition) is 1. The van der Waals surface area contributed by atoms with Crippen molar-refractivity contribution in [2.24, 2.45) is 0 Å². The maximum atomic E-state index is 11.9. The van der Waals surface area contributed by atoms with Crippen molar-refractivity contribution in [3.63, 3.8) is 0 Å². The van der Waals surface area contributed by atoms with E-state index in [9.17, 15) is 4.79 Å². The van der Waals surface area contributed by atoms with E-state index < -0.39 is 0 Å². The molecule has 1 unspecified atom stereocenters. The lowest BCUT2D eigenvalue weighted by molar-refractivity contribution is -0.128. The van der Waals surface area contributed by atoms with Crippen LogP contribution >= 0.6 is 0 Å². The first-order valence-electron chi connectivity index (χ1n) is 6.23. The molecule has 0 aliphatic carbocycles. The van der Waals surface area contributed by atoms with Crippen LogP contribution in [0.1, 0.15) is 25.8 Å². The van der Waals surface area contributed by atoms with Gasteiger partial charge in [-0.05, 0) is 5.56 Å². The molecule has 92 valence electrons. The molecule has 0 spiro atoms. The van der Waals surface area contributed by atoms with Crippen molar-refractivity contribution < 1.29 is 4.79 Å². The first-order chi connectivity index (χ1) is 8.15. The fourth-order valence-electron chi connectivity index (χ4n) is 2.31. The Hall–Kier alpha value is -1.35. The molecule has 0 aromatic heterocycles. The fourth-order valence-corrected chi connectivity index (χ4v) is 2.31. The van der Waals surface area contributed by atoms with Crippen LogP contribution in [-0.4, -0.2) is 29.4 Å². The minimum Gasteiger partial charge on any atom is -0.337 e. The van der Waals surface area contributed by atoms with Crippen LogP contribution in [0.5, 0.6) is 0 Å². The number of hydrogen-bond acceptors (Lipinski definition) is 2. The van der Waals surface area contributed by atoms with Crippen molar-refractivity contribution in [2.45, 2.75) is 38.9 Å². The quantitative estimate of drug-likeness (QED) is 0.858. The minimum absolute atomic E-state index is 0.256. The third-order valence-corrected chi connectivity index (χ3v) is 3.00. The SMILES string of the molecule is CC(C)NC1CC(=O)N(Cc2ccccc2)C1. The summed E-state index contributed by atoms with van der Waals surface area (Å²) in [6.45, 7) is 5.79. The van der Waals surface area contributed by atoms with E-state index in [0.29, 0.717) is 18.5 Å². The number of carbonyl (C=O) groups is 1. The predicted molar refractivity (Wildman–Crippen MR) is 68.5 cm³/mol. The highest BCUT2D eigenvalue weighted by Gasteiger charge is 2.29. The van der Waals surface area contributed by atoms with Crippen molar-refractivity contribution >= 4 is 5.91 Å². The summed E-state index contributed by atoms with van der Waals surface area (Å²) in [6.07, 6.45) is 0.630. The van der Waals surface area contributed by atoms with Gasteiger partial charge in [0.25, 0.3) is 0 Å². The molecule has 1 N–H and O–H groups in total. The molecular weight excluding hydrogens is 212 g/mol. The predicted octanol–water partition coefficient (Wildman–Crippen LogP) is 1.79. The summed E-state index contributed by atoms with van der Waals surface area (Å²) in [4.78, 5) is 13.8. The first kappa shape index (κ1) is 12.1. The lowest BCUT2D eigenvalue weighted by Crippen LogP contribution is -2.36. The Labute approximate surface area is 103 Å². The average molecular weight is 232 g/mol.